The topological polar surface area (TPSA) is 87.7 Å². The van der Waals surface area contributed by atoms with E-state index in [1.54, 1.807) is 36.3 Å². The van der Waals surface area contributed by atoms with Crippen molar-refractivity contribution in [1.29, 1.82) is 0 Å². The summed E-state index contributed by atoms with van der Waals surface area (Å²) in [5.41, 5.74) is 0.627. The molecule has 0 aliphatic heterocycles. The number of hydrogen-bond donors (Lipinski definition) is 2. The Balaban J connectivity index is 1.83. The van der Waals surface area contributed by atoms with Crippen molar-refractivity contribution in [3.8, 4) is 5.75 Å². The second-order valence-corrected chi connectivity index (χ2v) is 7.12. The molecule has 0 heterocycles. The number of carbonyl (C=O) groups excluding carboxylic acids is 3. The van der Waals surface area contributed by atoms with E-state index < -0.39 is 0 Å². The van der Waals surface area contributed by atoms with Crippen LogP contribution in [-0.4, -0.2) is 48.9 Å². The van der Waals surface area contributed by atoms with Gasteiger partial charge < -0.3 is 20.3 Å². The summed E-state index contributed by atoms with van der Waals surface area (Å²) in [5, 5.41) is 5.34. The summed E-state index contributed by atoms with van der Waals surface area (Å²) < 4.78 is 5.07. The van der Waals surface area contributed by atoms with E-state index in [0.717, 1.165) is 32.1 Å². The number of rotatable bonds is 9. The molecule has 0 bridgehead atoms. The van der Waals surface area contributed by atoms with Crippen LogP contribution in [0.4, 0.5) is 5.69 Å². The largest absolute Gasteiger partial charge is 0.497 e. The molecule has 1 aliphatic rings. The molecule has 0 saturated heterocycles. The minimum Gasteiger partial charge on any atom is -0.497 e. The first-order valence-electron chi connectivity index (χ1n) is 10.0. The van der Waals surface area contributed by atoms with Gasteiger partial charge in [0.15, 0.2) is 0 Å². The molecule has 0 aromatic heterocycles. The molecule has 1 fully saturated rings. The number of nitrogens with one attached hydrogen (secondary N) is 2. The van der Waals surface area contributed by atoms with E-state index in [1.165, 1.54) is 6.42 Å². The highest BCUT2D eigenvalue weighted by Gasteiger charge is 2.26. The lowest BCUT2D eigenvalue weighted by molar-refractivity contribution is -0.139. The van der Waals surface area contributed by atoms with E-state index in [2.05, 4.69) is 10.6 Å². The molecule has 1 aliphatic carbocycles. The fourth-order valence-electron chi connectivity index (χ4n) is 3.44. The van der Waals surface area contributed by atoms with Crippen LogP contribution in [0.25, 0.3) is 0 Å². The van der Waals surface area contributed by atoms with Crippen LogP contribution in [0.1, 0.15) is 51.9 Å². The standard InChI is InChI=1S/C21H31N3O4/c1-3-7-21(27)24(17-8-5-4-6-9-17)15-20(26)22-14-19(25)23-16-10-12-18(28-2)13-11-16/h10-13,17H,3-9,14-15H2,1-2H3,(H,22,26)(H,23,25). The molecule has 154 valence electrons. The van der Waals surface area contributed by atoms with Gasteiger partial charge in [0, 0.05) is 18.2 Å². The van der Waals surface area contributed by atoms with Gasteiger partial charge in [-0.2, -0.15) is 0 Å². The van der Waals surface area contributed by atoms with E-state index in [-0.39, 0.29) is 36.9 Å². The van der Waals surface area contributed by atoms with Gasteiger partial charge in [0.1, 0.15) is 5.75 Å². The Bertz CT molecular complexity index is 654. The van der Waals surface area contributed by atoms with Crippen LogP contribution in [0.2, 0.25) is 0 Å². The fourth-order valence-corrected chi connectivity index (χ4v) is 3.44. The highest BCUT2D eigenvalue weighted by atomic mass is 16.5. The molecule has 28 heavy (non-hydrogen) atoms. The highest BCUT2D eigenvalue weighted by Crippen LogP contribution is 2.23. The molecule has 7 nitrogen and oxygen atoms in total. The van der Waals surface area contributed by atoms with Crippen LogP contribution in [0.3, 0.4) is 0 Å². The van der Waals surface area contributed by atoms with Crippen molar-refractivity contribution >= 4 is 23.4 Å². The van der Waals surface area contributed by atoms with Crippen LogP contribution in [-0.2, 0) is 14.4 Å². The Hall–Kier alpha value is -2.57. The van der Waals surface area contributed by atoms with E-state index in [0.29, 0.717) is 17.9 Å². The second-order valence-electron chi connectivity index (χ2n) is 7.12. The van der Waals surface area contributed by atoms with Crippen molar-refractivity contribution in [3.63, 3.8) is 0 Å². The van der Waals surface area contributed by atoms with Crippen molar-refractivity contribution in [3.05, 3.63) is 24.3 Å². The lowest BCUT2D eigenvalue weighted by Crippen LogP contribution is -2.48. The second kappa shape index (κ2) is 11.3. The van der Waals surface area contributed by atoms with Gasteiger partial charge in [0.2, 0.25) is 17.7 Å². The fraction of sp³-hybridized carbons (Fsp3) is 0.571. The Labute approximate surface area is 166 Å². The van der Waals surface area contributed by atoms with Crippen molar-refractivity contribution in [2.75, 3.05) is 25.5 Å². The van der Waals surface area contributed by atoms with Crippen LogP contribution < -0.4 is 15.4 Å². The zero-order valence-corrected chi connectivity index (χ0v) is 16.8. The number of benzene rings is 1. The molecule has 0 unspecified atom stereocenters. The van der Waals surface area contributed by atoms with Gasteiger partial charge in [-0.1, -0.05) is 26.2 Å². The summed E-state index contributed by atoms with van der Waals surface area (Å²) in [5.74, 6) is 0.0978. The van der Waals surface area contributed by atoms with Crippen LogP contribution in [0.5, 0.6) is 5.75 Å². The maximum Gasteiger partial charge on any atom is 0.243 e. The summed E-state index contributed by atoms with van der Waals surface area (Å²) in [7, 11) is 1.57. The summed E-state index contributed by atoms with van der Waals surface area (Å²) in [6.07, 6.45) is 6.46. The molecule has 0 spiro atoms. The lowest BCUT2D eigenvalue weighted by atomic mass is 9.94. The first-order chi connectivity index (χ1) is 13.5. The van der Waals surface area contributed by atoms with Crippen molar-refractivity contribution in [2.45, 2.75) is 57.9 Å². The average molecular weight is 389 g/mol. The summed E-state index contributed by atoms with van der Waals surface area (Å²) in [6.45, 7) is 1.84. The number of ether oxygens (including phenoxy) is 1. The molecular formula is C21H31N3O4. The number of nitrogens with zero attached hydrogens (tertiary/aromatic N) is 1. The van der Waals surface area contributed by atoms with E-state index >= 15 is 0 Å². The van der Waals surface area contributed by atoms with Gasteiger partial charge in [0.25, 0.3) is 0 Å². The first kappa shape index (κ1) is 21.7. The zero-order valence-electron chi connectivity index (χ0n) is 16.8. The summed E-state index contributed by atoms with van der Waals surface area (Å²) in [4.78, 5) is 38.6. The SMILES string of the molecule is CCCC(=O)N(CC(=O)NCC(=O)Nc1ccc(OC)cc1)C1CCCCC1. The predicted molar refractivity (Wildman–Crippen MR) is 108 cm³/mol. The van der Waals surface area contributed by atoms with Gasteiger partial charge in [-0.3, -0.25) is 14.4 Å². The maximum absolute atomic E-state index is 12.5. The summed E-state index contributed by atoms with van der Waals surface area (Å²) in [6, 6.07) is 7.08. The summed E-state index contributed by atoms with van der Waals surface area (Å²) >= 11 is 0. The van der Waals surface area contributed by atoms with Gasteiger partial charge in [0.05, 0.1) is 20.2 Å². The van der Waals surface area contributed by atoms with Gasteiger partial charge in [-0.05, 0) is 43.5 Å². The zero-order chi connectivity index (χ0) is 20.4. The highest BCUT2D eigenvalue weighted by molar-refractivity contribution is 5.95. The number of amides is 3. The Morgan fingerprint density at radius 1 is 1.07 bits per heavy atom. The molecule has 7 heteroatoms. The number of carbonyl (C=O) groups is 3. The molecule has 3 amide bonds. The van der Waals surface area contributed by atoms with E-state index in [4.69, 9.17) is 4.74 Å². The molecule has 1 saturated carbocycles. The smallest absolute Gasteiger partial charge is 0.243 e. The van der Waals surface area contributed by atoms with Crippen LogP contribution >= 0.6 is 0 Å². The Morgan fingerprint density at radius 3 is 2.36 bits per heavy atom. The van der Waals surface area contributed by atoms with Crippen LogP contribution in [0.15, 0.2) is 24.3 Å². The predicted octanol–water partition coefficient (Wildman–Crippen LogP) is 2.71. The molecule has 2 rings (SSSR count). The first-order valence-corrected chi connectivity index (χ1v) is 10.0. The lowest BCUT2D eigenvalue weighted by Gasteiger charge is -2.34. The molecular weight excluding hydrogens is 358 g/mol. The molecule has 1 aromatic rings. The molecule has 0 atom stereocenters. The Kier molecular flexibility index (Phi) is 8.78. The minimum absolute atomic E-state index is 0.0132. The van der Waals surface area contributed by atoms with E-state index in [1.807, 2.05) is 6.92 Å². The monoisotopic (exact) mass is 389 g/mol. The quantitative estimate of drug-likeness (QED) is 0.680. The number of methoxy groups -OCH3 is 1. The van der Waals surface area contributed by atoms with Crippen molar-refractivity contribution < 1.29 is 19.1 Å². The number of anilines is 1. The molecule has 1 aromatic carbocycles. The maximum atomic E-state index is 12.5. The normalized spacial score (nSPS) is 14.2. The van der Waals surface area contributed by atoms with Crippen molar-refractivity contribution in [1.82, 2.24) is 10.2 Å². The third-order valence-electron chi connectivity index (χ3n) is 4.93. The van der Waals surface area contributed by atoms with Crippen molar-refractivity contribution in [2.24, 2.45) is 0 Å². The molecule has 2 N–H and O–H groups in total. The average Bonchev–Trinajstić information content (AvgIpc) is 2.72. The van der Waals surface area contributed by atoms with Gasteiger partial charge in [-0.25, -0.2) is 0 Å². The Morgan fingerprint density at radius 2 is 1.75 bits per heavy atom. The van der Waals surface area contributed by atoms with Gasteiger partial charge in [-0.15, -0.1) is 0 Å². The third kappa shape index (κ3) is 6.87. The van der Waals surface area contributed by atoms with Gasteiger partial charge >= 0.3 is 0 Å². The molecule has 0 radical (unpaired) electrons. The number of hydrogen-bond acceptors (Lipinski definition) is 4. The van der Waals surface area contributed by atoms with E-state index in [9.17, 15) is 14.4 Å². The van der Waals surface area contributed by atoms with Crippen LogP contribution in [0, 0.1) is 0 Å². The minimum atomic E-state index is -0.317. The third-order valence-corrected chi connectivity index (χ3v) is 4.93.